The summed E-state index contributed by atoms with van der Waals surface area (Å²) in [6.07, 6.45) is 14.2. The Kier molecular flexibility index (Phi) is 14.3. The number of carbonyl (C=O) groups is 1. The number of amides is 1. The SMILES string of the molecule is CCCCCCCCCCCCNC(=O)C(Br)CC. The summed E-state index contributed by atoms with van der Waals surface area (Å²) in [4.78, 5) is 11.5. The van der Waals surface area contributed by atoms with Crippen molar-refractivity contribution in [3.8, 4) is 0 Å². The van der Waals surface area contributed by atoms with Crippen LogP contribution in [0.15, 0.2) is 0 Å². The number of carbonyl (C=O) groups excluding carboxylic acids is 1. The van der Waals surface area contributed by atoms with E-state index >= 15 is 0 Å². The van der Waals surface area contributed by atoms with Gasteiger partial charge in [0.2, 0.25) is 5.91 Å². The van der Waals surface area contributed by atoms with E-state index in [1.54, 1.807) is 0 Å². The van der Waals surface area contributed by atoms with Crippen LogP contribution in [-0.4, -0.2) is 17.3 Å². The highest BCUT2D eigenvalue weighted by atomic mass is 79.9. The molecule has 0 rings (SSSR count). The Labute approximate surface area is 128 Å². The van der Waals surface area contributed by atoms with E-state index in [4.69, 9.17) is 0 Å². The molecule has 0 fully saturated rings. The van der Waals surface area contributed by atoms with E-state index in [-0.39, 0.29) is 10.7 Å². The van der Waals surface area contributed by atoms with Gasteiger partial charge in [0, 0.05) is 6.54 Å². The molecule has 0 aliphatic carbocycles. The lowest BCUT2D eigenvalue weighted by Gasteiger charge is -2.08. The fraction of sp³-hybridized carbons (Fsp3) is 0.938. The van der Waals surface area contributed by atoms with Crippen LogP contribution in [0.25, 0.3) is 0 Å². The molecule has 1 atom stereocenters. The van der Waals surface area contributed by atoms with Crippen molar-refractivity contribution in [2.45, 2.75) is 89.3 Å². The van der Waals surface area contributed by atoms with Crippen molar-refractivity contribution in [3.63, 3.8) is 0 Å². The van der Waals surface area contributed by atoms with Crippen LogP contribution in [0.5, 0.6) is 0 Å². The van der Waals surface area contributed by atoms with Crippen LogP contribution in [0.3, 0.4) is 0 Å². The molecule has 0 saturated carbocycles. The van der Waals surface area contributed by atoms with Crippen molar-refractivity contribution in [3.05, 3.63) is 0 Å². The monoisotopic (exact) mass is 333 g/mol. The Morgan fingerprint density at radius 1 is 0.895 bits per heavy atom. The lowest BCUT2D eigenvalue weighted by atomic mass is 10.1. The molecule has 3 heteroatoms. The Bertz CT molecular complexity index is 209. The topological polar surface area (TPSA) is 29.1 Å². The molecule has 19 heavy (non-hydrogen) atoms. The van der Waals surface area contributed by atoms with Gasteiger partial charge in [0.15, 0.2) is 0 Å². The molecular formula is C16H32BrNO. The Morgan fingerprint density at radius 2 is 1.37 bits per heavy atom. The van der Waals surface area contributed by atoms with Gasteiger partial charge in [-0.1, -0.05) is 87.6 Å². The predicted molar refractivity (Wildman–Crippen MR) is 87.9 cm³/mol. The first-order valence-electron chi connectivity index (χ1n) is 8.14. The second kappa shape index (κ2) is 14.4. The molecule has 0 aromatic carbocycles. The van der Waals surface area contributed by atoms with Gasteiger partial charge in [-0.15, -0.1) is 0 Å². The molecule has 0 aliphatic heterocycles. The molecule has 0 heterocycles. The second-order valence-electron chi connectivity index (χ2n) is 5.35. The minimum atomic E-state index is -0.0179. The van der Waals surface area contributed by atoms with Crippen LogP contribution in [0.1, 0.15) is 84.5 Å². The average Bonchev–Trinajstić information content (AvgIpc) is 2.43. The molecule has 0 aromatic rings. The fourth-order valence-electron chi connectivity index (χ4n) is 2.12. The molecule has 1 amide bonds. The van der Waals surface area contributed by atoms with Crippen LogP contribution < -0.4 is 5.32 Å². The number of hydrogen-bond donors (Lipinski definition) is 1. The first-order chi connectivity index (χ1) is 9.22. The number of nitrogens with one attached hydrogen (secondary N) is 1. The third-order valence-electron chi connectivity index (χ3n) is 3.47. The number of hydrogen-bond acceptors (Lipinski definition) is 1. The lowest BCUT2D eigenvalue weighted by Crippen LogP contribution is -2.31. The number of halogens is 1. The fourth-order valence-corrected chi connectivity index (χ4v) is 2.28. The van der Waals surface area contributed by atoms with Crippen molar-refractivity contribution >= 4 is 21.8 Å². The maximum atomic E-state index is 11.5. The van der Waals surface area contributed by atoms with E-state index in [1.165, 1.54) is 57.8 Å². The van der Waals surface area contributed by atoms with Crippen LogP contribution in [-0.2, 0) is 4.79 Å². The van der Waals surface area contributed by atoms with Gasteiger partial charge in [0.1, 0.15) is 0 Å². The van der Waals surface area contributed by atoms with E-state index in [0.717, 1.165) is 19.4 Å². The minimum Gasteiger partial charge on any atom is -0.355 e. The van der Waals surface area contributed by atoms with Crippen LogP contribution in [0, 0.1) is 0 Å². The van der Waals surface area contributed by atoms with E-state index in [1.807, 2.05) is 6.92 Å². The van der Waals surface area contributed by atoms with Crippen molar-refractivity contribution in [1.82, 2.24) is 5.32 Å². The van der Waals surface area contributed by atoms with E-state index < -0.39 is 0 Å². The smallest absolute Gasteiger partial charge is 0.233 e. The van der Waals surface area contributed by atoms with Gasteiger partial charge in [-0.25, -0.2) is 0 Å². The van der Waals surface area contributed by atoms with Crippen LogP contribution in [0.2, 0.25) is 0 Å². The zero-order valence-corrected chi connectivity index (χ0v) is 14.4. The summed E-state index contributed by atoms with van der Waals surface area (Å²) in [6.45, 7) is 5.11. The molecule has 1 N–H and O–H groups in total. The van der Waals surface area contributed by atoms with E-state index in [0.29, 0.717) is 0 Å². The molecule has 1 unspecified atom stereocenters. The highest BCUT2D eigenvalue weighted by Crippen LogP contribution is 2.10. The van der Waals surface area contributed by atoms with Gasteiger partial charge in [0.05, 0.1) is 4.83 Å². The summed E-state index contributed by atoms with van der Waals surface area (Å²) < 4.78 is 0. The quantitative estimate of drug-likeness (QED) is 0.364. The third-order valence-corrected chi connectivity index (χ3v) is 4.54. The molecule has 0 saturated heterocycles. The summed E-state index contributed by atoms with van der Waals surface area (Å²) in [5.74, 6) is 0.137. The summed E-state index contributed by atoms with van der Waals surface area (Å²) in [6, 6.07) is 0. The first kappa shape index (κ1) is 18.9. The third kappa shape index (κ3) is 12.7. The molecule has 0 aromatic heterocycles. The number of unbranched alkanes of at least 4 members (excludes halogenated alkanes) is 9. The normalized spacial score (nSPS) is 12.4. The molecule has 0 aliphatic rings. The Hall–Kier alpha value is -0.0500. The molecular weight excluding hydrogens is 302 g/mol. The molecule has 0 bridgehead atoms. The Balaban J connectivity index is 3.13. The van der Waals surface area contributed by atoms with Gasteiger partial charge in [-0.05, 0) is 12.8 Å². The average molecular weight is 334 g/mol. The maximum absolute atomic E-state index is 11.5. The molecule has 0 spiro atoms. The minimum absolute atomic E-state index is 0.0179. The standard InChI is InChI=1S/C16H32BrNO/c1-3-5-6-7-8-9-10-11-12-13-14-18-16(19)15(17)4-2/h15H,3-14H2,1-2H3,(H,18,19). The van der Waals surface area contributed by atoms with E-state index in [2.05, 4.69) is 28.2 Å². The molecule has 114 valence electrons. The van der Waals surface area contributed by atoms with Gasteiger partial charge in [-0.3, -0.25) is 4.79 Å². The summed E-state index contributed by atoms with van der Waals surface area (Å²) in [7, 11) is 0. The summed E-state index contributed by atoms with van der Waals surface area (Å²) in [5.41, 5.74) is 0. The maximum Gasteiger partial charge on any atom is 0.233 e. The highest BCUT2D eigenvalue weighted by molar-refractivity contribution is 9.10. The van der Waals surface area contributed by atoms with Crippen molar-refractivity contribution in [1.29, 1.82) is 0 Å². The van der Waals surface area contributed by atoms with Crippen molar-refractivity contribution < 1.29 is 4.79 Å². The van der Waals surface area contributed by atoms with Gasteiger partial charge >= 0.3 is 0 Å². The van der Waals surface area contributed by atoms with E-state index in [9.17, 15) is 4.79 Å². The van der Waals surface area contributed by atoms with Crippen LogP contribution in [0.4, 0.5) is 0 Å². The molecule has 2 nitrogen and oxygen atoms in total. The summed E-state index contributed by atoms with van der Waals surface area (Å²) >= 11 is 3.36. The predicted octanol–water partition coefficient (Wildman–Crippen LogP) is 5.20. The van der Waals surface area contributed by atoms with Gasteiger partial charge < -0.3 is 5.32 Å². The Morgan fingerprint density at radius 3 is 1.84 bits per heavy atom. The zero-order valence-electron chi connectivity index (χ0n) is 12.8. The number of rotatable bonds is 13. The van der Waals surface area contributed by atoms with Gasteiger partial charge in [-0.2, -0.15) is 0 Å². The highest BCUT2D eigenvalue weighted by Gasteiger charge is 2.10. The van der Waals surface area contributed by atoms with Gasteiger partial charge in [0.25, 0.3) is 0 Å². The van der Waals surface area contributed by atoms with Crippen LogP contribution >= 0.6 is 15.9 Å². The lowest BCUT2D eigenvalue weighted by molar-refractivity contribution is -0.120. The number of alkyl halides is 1. The van der Waals surface area contributed by atoms with Crippen molar-refractivity contribution in [2.24, 2.45) is 0 Å². The van der Waals surface area contributed by atoms with Crippen molar-refractivity contribution in [2.75, 3.05) is 6.54 Å². The second-order valence-corrected chi connectivity index (χ2v) is 6.45. The largest absolute Gasteiger partial charge is 0.355 e. The first-order valence-corrected chi connectivity index (χ1v) is 9.05. The zero-order chi connectivity index (χ0) is 14.3. The summed E-state index contributed by atoms with van der Waals surface area (Å²) in [5, 5.41) is 2.97. The molecule has 0 radical (unpaired) electrons.